The highest BCUT2D eigenvalue weighted by Crippen LogP contribution is 2.51. The topological polar surface area (TPSA) is 64.1 Å². The summed E-state index contributed by atoms with van der Waals surface area (Å²) in [5.74, 6) is -1.57. The molecule has 3 fully saturated rings. The van der Waals surface area contributed by atoms with Crippen molar-refractivity contribution < 1.29 is 27.9 Å². The van der Waals surface area contributed by atoms with Gasteiger partial charge in [-0.05, 0) is 31.4 Å². The van der Waals surface area contributed by atoms with Crippen molar-refractivity contribution in [2.24, 2.45) is 11.3 Å². The molecule has 2 aliphatic heterocycles. The van der Waals surface area contributed by atoms with Crippen molar-refractivity contribution in [1.82, 2.24) is 14.7 Å². The molecule has 2 heterocycles. The Bertz CT molecular complexity index is 896. The molecule has 194 valence electrons. The summed E-state index contributed by atoms with van der Waals surface area (Å²) in [5.41, 5.74) is -0.823. The first-order chi connectivity index (χ1) is 16.5. The van der Waals surface area contributed by atoms with Gasteiger partial charge in [0.15, 0.2) is 0 Å². The minimum Gasteiger partial charge on any atom is -0.388 e. The Morgan fingerprint density at radius 3 is 2.20 bits per heavy atom. The summed E-state index contributed by atoms with van der Waals surface area (Å²) in [5, 5.41) is 11.9. The van der Waals surface area contributed by atoms with E-state index in [1.807, 2.05) is 35.2 Å². The zero-order valence-electron chi connectivity index (χ0n) is 20.4. The Labute approximate surface area is 205 Å². The average Bonchev–Trinajstić information content (AvgIpc) is 3.30. The molecule has 0 radical (unpaired) electrons. The van der Waals surface area contributed by atoms with E-state index in [4.69, 9.17) is 0 Å². The van der Waals surface area contributed by atoms with E-state index in [2.05, 4.69) is 4.90 Å². The molecule has 1 spiro atoms. The molecule has 1 unspecified atom stereocenters. The maximum absolute atomic E-state index is 12.8. The lowest BCUT2D eigenvalue weighted by Gasteiger charge is -2.54. The number of hydrogen-bond acceptors (Lipinski definition) is 4. The molecule has 3 aliphatic rings. The Morgan fingerprint density at radius 1 is 0.971 bits per heavy atom. The van der Waals surface area contributed by atoms with Gasteiger partial charge < -0.3 is 14.9 Å². The van der Waals surface area contributed by atoms with Crippen molar-refractivity contribution in [2.45, 2.75) is 57.2 Å². The van der Waals surface area contributed by atoms with E-state index in [-0.39, 0.29) is 12.5 Å². The molecule has 0 bridgehead atoms. The van der Waals surface area contributed by atoms with Crippen LogP contribution >= 0.6 is 0 Å². The number of aliphatic hydroxyl groups is 1. The lowest BCUT2D eigenvalue weighted by atomic mass is 9.65. The first kappa shape index (κ1) is 25.9. The minimum atomic E-state index is -4.37. The molecule has 1 aromatic carbocycles. The zero-order valence-corrected chi connectivity index (χ0v) is 20.4. The van der Waals surface area contributed by atoms with Crippen LogP contribution in [0.4, 0.5) is 13.2 Å². The van der Waals surface area contributed by atoms with Gasteiger partial charge in [-0.3, -0.25) is 14.5 Å². The van der Waals surface area contributed by atoms with Crippen LogP contribution in [0.1, 0.15) is 55.8 Å². The fraction of sp³-hybridized carbons (Fsp3) is 0.692. The first-order valence-corrected chi connectivity index (χ1v) is 12.7. The molecule has 9 heteroatoms. The highest BCUT2D eigenvalue weighted by Gasteiger charge is 2.56. The van der Waals surface area contributed by atoms with Crippen molar-refractivity contribution in [2.75, 3.05) is 45.8 Å². The molecule has 2 saturated heterocycles. The third-order valence-corrected chi connectivity index (χ3v) is 8.27. The van der Waals surface area contributed by atoms with E-state index < -0.39 is 35.4 Å². The molecular formula is C26H36F3N3O3. The quantitative estimate of drug-likeness (QED) is 0.679. The molecule has 4 rings (SSSR count). The Morgan fingerprint density at radius 2 is 1.60 bits per heavy atom. The van der Waals surface area contributed by atoms with E-state index in [0.717, 1.165) is 25.7 Å². The number of piperidine rings is 1. The second-order valence-corrected chi connectivity index (χ2v) is 10.7. The van der Waals surface area contributed by atoms with Crippen molar-refractivity contribution in [1.29, 1.82) is 0 Å². The summed E-state index contributed by atoms with van der Waals surface area (Å²) in [6.45, 7) is 4.86. The van der Waals surface area contributed by atoms with Gasteiger partial charge in [0.2, 0.25) is 5.91 Å². The van der Waals surface area contributed by atoms with Gasteiger partial charge in [-0.2, -0.15) is 13.2 Å². The highest BCUT2D eigenvalue weighted by atomic mass is 19.4. The third-order valence-electron chi connectivity index (χ3n) is 8.27. The number of nitrogens with zero attached hydrogens (tertiary/aromatic N) is 3. The molecule has 1 aromatic rings. The van der Waals surface area contributed by atoms with Crippen LogP contribution in [-0.4, -0.2) is 89.2 Å². The van der Waals surface area contributed by atoms with Crippen molar-refractivity contribution in [3.63, 3.8) is 0 Å². The van der Waals surface area contributed by atoms with Gasteiger partial charge in [-0.15, -0.1) is 0 Å². The largest absolute Gasteiger partial charge is 0.389 e. The number of carbonyl (C=O) groups is 2. The number of benzene rings is 1. The number of carbonyl (C=O) groups excluding carboxylic acids is 2. The molecule has 2 amide bonds. The SMILES string of the molecule is C[C@H](CC(F)(F)F)C(=O)N1CCC(O)(CN2CCN(C(=O)c3ccccc3)CC2)C2(CCCC2)C1. The third kappa shape index (κ3) is 5.66. The number of halogens is 3. The maximum Gasteiger partial charge on any atom is 0.389 e. The number of likely N-dealkylation sites (tertiary alicyclic amines) is 1. The van der Waals surface area contributed by atoms with Crippen LogP contribution in [0.25, 0.3) is 0 Å². The summed E-state index contributed by atoms with van der Waals surface area (Å²) in [6, 6.07) is 9.20. The van der Waals surface area contributed by atoms with E-state index in [9.17, 15) is 27.9 Å². The van der Waals surface area contributed by atoms with Gasteiger partial charge >= 0.3 is 6.18 Å². The van der Waals surface area contributed by atoms with Gasteiger partial charge in [0, 0.05) is 62.7 Å². The molecular weight excluding hydrogens is 459 g/mol. The normalized spacial score (nSPS) is 26.2. The lowest BCUT2D eigenvalue weighted by Crippen LogP contribution is -2.65. The van der Waals surface area contributed by atoms with E-state index in [1.165, 1.54) is 6.92 Å². The molecule has 0 aromatic heterocycles. The molecule has 1 saturated carbocycles. The summed E-state index contributed by atoms with van der Waals surface area (Å²) in [7, 11) is 0. The molecule has 1 N–H and O–H groups in total. The van der Waals surface area contributed by atoms with Crippen LogP contribution < -0.4 is 0 Å². The molecule has 6 nitrogen and oxygen atoms in total. The second kappa shape index (κ2) is 10.1. The number of alkyl halides is 3. The maximum atomic E-state index is 12.8. The summed E-state index contributed by atoms with van der Waals surface area (Å²) >= 11 is 0. The van der Waals surface area contributed by atoms with Crippen LogP contribution in [-0.2, 0) is 4.79 Å². The van der Waals surface area contributed by atoms with E-state index >= 15 is 0 Å². The number of amides is 2. The number of β-amino-alcohol motifs (C(OH)–C–C–N with tert-alkyl or cyclic N) is 1. The fourth-order valence-electron chi connectivity index (χ4n) is 6.28. The summed E-state index contributed by atoms with van der Waals surface area (Å²) in [4.78, 5) is 31.2. The van der Waals surface area contributed by atoms with Gasteiger partial charge in [0.1, 0.15) is 0 Å². The summed E-state index contributed by atoms with van der Waals surface area (Å²) in [6.07, 6.45) is -1.70. The molecule has 1 aliphatic carbocycles. The number of hydrogen-bond donors (Lipinski definition) is 1. The first-order valence-electron chi connectivity index (χ1n) is 12.7. The van der Waals surface area contributed by atoms with Gasteiger partial charge in [0.25, 0.3) is 5.91 Å². The smallest absolute Gasteiger partial charge is 0.388 e. The zero-order chi connectivity index (χ0) is 25.3. The van der Waals surface area contributed by atoms with Crippen molar-refractivity contribution in [3.05, 3.63) is 35.9 Å². The minimum absolute atomic E-state index is 0.0102. The molecule has 2 atom stereocenters. The van der Waals surface area contributed by atoms with E-state index in [0.29, 0.717) is 51.3 Å². The van der Waals surface area contributed by atoms with Crippen LogP contribution in [0.3, 0.4) is 0 Å². The molecule has 35 heavy (non-hydrogen) atoms. The van der Waals surface area contributed by atoms with Crippen LogP contribution in [0.2, 0.25) is 0 Å². The Balaban J connectivity index is 1.38. The lowest BCUT2D eigenvalue weighted by molar-refractivity contribution is -0.174. The van der Waals surface area contributed by atoms with E-state index in [1.54, 1.807) is 4.90 Å². The standard InChI is InChI=1S/C26H36F3N3O3/c1-20(17-26(27,28)29)22(33)32-12-11-25(35,24(18-32)9-5-6-10-24)19-30-13-15-31(16-14-30)23(34)21-7-3-2-4-8-21/h2-4,7-8,20,35H,5-6,9-19H2,1H3/t20-,25?/m1/s1. The van der Waals surface area contributed by atoms with Gasteiger partial charge in [-0.1, -0.05) is 38.0 Å². The highest BCUT2D eigenvalue weighted by molar-refractivity contribution is 5.94. The van der Waals surface area contributed by atoms with Crippen molar-refractivity contribution in [3.8, 4) is 0 Å². The van der Waals surface area contributed by atoms with Crippen LogP contribution in [0, 0.1) is 11.3 Å². The van der Waals surface area contributed by atoms with Crippen molar-refractivity contribution >= 4 is 11.8 Å². The predicted octanol–water partition coefficient (Wildman–Crippen LogP) is 3.56. The Kier molecular flexibility index (Phi) is 7.48. The Hall–Kier alpha value is -2.13. The van der Waals surface area contributed by atoms with Gasteiger partial charge in [-0.25, -0.2) is 0 Å². The number of piperazine rings is 1. The second-order valence-electron chi connectivity index (χ2n) is 10.7. The fourth-order valence-corrected chi connectivity index (χ4v) is 6.28. The number of rotatable bonds is 5. The predicted molar refractivity (Wildman–Crippen MR) is 126 cm³/mol. The monoisotopic (exact) mass is 495 g/mol. The van der Waals surface area contributed by atoms with Crippen LogP contribution in [0.15, 0.2) is 30.3 Å². The van der Waals surface area contributed by atoms with Crippen LogP contribution in [0.5, 0.6) is 0 Å². The summed E-state index contributed by atoms with van der Waals surface area (Å²) < 4.78 is 38.5. The van der Waals surface area contributed by atoms with Gasteiger partial charge in [0.05, 0.1) is 12.0 Å². The average molecular weight is 496 g/mol.